The molecule has 1 aromatic rings. The highest BCUT2D eigenvalue weighted by Gasteiger charge is 2.41. The van der Waals surface area contributed by atoms with Crippen LogP contribution in [0.1, 0.15) is 36.9 Å². The zero-order valence-electron chi connectivity index (χ0n) is 9.46. The van der Waals surface area contributed by atoms with Gasteiger partial charge in [-0.1, -0.05) is 11.2 Å². The molecule has 94 valence electrons. The van der Waals surface area contributed by atoms with Crippen molar-refractivity contribution in [3.8, 4) is 0 Å². The molecule has 1 unspecified atom stereocenters. The molecule has 2 rings (SSSR count). The predicted molar refractivity (Wildman–Crippen MR) is 57.7 cm³/mol. The average molecular weight is 243 g/mol. The summed E-state index contributed by atoms with van der Waals surface area (Å²) >= 11 is 0. The first-order valence-corrected chi connectivity index (χ1v) is 5.62. The van der Waals surface area contributed by atoms with Gasteiger partial charge in [-0.3, -0.25) is 0 Å². The molecule has 6 heteroatoms. The minimum Gasteiger partial charge on any atom is -0.338 e. The monoisotopic (exact) mass is 243 g/mol. The van der Waals surface area contributed by atoms with E-state index in [0.29, 0.717) is 31.2 Å². The summed E-state index contributed by atoms with van der Waals surface area (Å²) in [6, 6.07) is 0. The Morgan fingerprint density at radius 3 is 3.06 bits per heavy atom. The van der Waals surface area contributed by atoms with E-state index in [1.807, 2.05) is 0 Å². The molecule has 17 heavy (non-hydrogen) atoms. The molecule has 1 heterocycles. The summed E-state index contributed by atoms with van der Waals surface area (Å²) in [5.74, 6) is -2.02. The Kier molecular flexibility index (Phi) is 3.51. The van der Waals surface area contributed by atoms with Gasteiger partial charge in [-0.25, -0.2) is 8.78 Å². The van der Waals surface area contributed by atoms with E-state index in [-0.39, 0.29) is 18.8 Å². The van der Waals surface area contributed by atoms with Crippen LogP contribution in [0.3, 0.4) is 0 Å². The first kappa shape index (κ1) is 12.2. The Balaban J connectivity index is 1.92. The lowest BCUT2D eigenvalue weighted by molar-refractivity contribution is 0.00750. The molecule has 0 saturated heterocycles. The SMILES string of the molecule is C=CCNCc1nc(C2CCC(F)(F)C2)no1. The highest BCUT2D eigenvalue weighted by Crippen LogP contribution is 2.43. The highest BCUT2D eigenvalue weighted by molar-refractivity contribution is 5.01. The van der Waals surface area contributed by atoms with Crippen molar-refractivity contribution in [2.75, 3.05) is 6.54 Å². The molecule has 0 amide bonds. The second kappa shape index (κ2) is 4.91. The fraction of sp³-hybridized carbons (Fsp3) is 0.636. The molecule has 0 radical (unpaired) electrons. The van der Waals surface area contributed by atoms with E-state index in [1.54, 1.807) is 6.08 Å². The minimum absolute atomic E-state index is 0.0870. The molecule has 1 saturated carbocycles. The fourth-order valence-corrected chi connectivity index (χ4v) is 1.96. The number of hydrogen-bond acceptors (Lipinski definition) is 4. The van der Waals surface area contributed by atoms with Crippen LogP contribution in [-0.2, 0) is 6.54 Å². The Bertz CT molecular complexity index is 392. The largest absolute Gasteiger partial charge is 0.338 e. The van der Waals surface area contributed by atoms with Crippen molar-refractivity contribution in [2.24, 2.45) is 0 Å². The summed E-state index contributed by atoms with van der Waals surface area (Å²) in [5.41, 5.74) is 0. The zero-order valence-corrected chi connectivity index (χ0v) is 9.46. The summed E-state index contributed by atoms with van der Waals surface area (Å²) in [6.45, 7) is 4.63. The molecule has 1 fully saturated rings. The van der Waals surface area contributed by atoms with Gasteiger partial charge in [0, 0.05) is 25.3 Å². The topological polar surface area (TPSA) is 51.0 Å². The number of rotatable bonds is 5. The van der Waals surface area contributed by atoms with E-state index < -0.39 is 5.92 Å². The van der Waals surface area contributed by atoms with Crippen LogP contribution in [0.25, 0.3) is 0 Å². The summed E-state index contributed by atoms with van der Waals surface area (Å²) in [5, 5.41) is 6.77. The van der Waals surface area contributed by atoms with Gasteiger partial charge < -0.3 is 9.84 Å². The lowest BCUT2D eigenvalue weighted by Crippen LogP contribution is -2.13. The third kappa shape index (κ3) is 3.09. The summed E-state index contributed by atoms with van der Waals surface area (Å²) < 4.78 is 31.0. The molecule has 0 aliphatic heterocycles. The first-order valence-electron chi connectivity index (χ1n) is 5.62. The van der Waals surface area contributed by atoms with Gasteiger partial charge in [-0.05, 0) is 6.42 Å². The van der Waals surface area contributed by atoms with Crippen molar-refractivity contribution in [1.29, 1.82) is 0 Å². The van der Waals surface area contributed by atoms with E-state index in [1.165, 1.54) is 0 Å². The number of alkyl halides is 2. The van der Waals surface area contributed by atoms with Gasteiger partial charge in [-0.2, -0.15) is 4.98 Å². The van der Waals surface area contributed by atoms with Crippen molar-refractivity contribution in [3.63, 3.8) is 0 Å². The quantitative estimate of drug-likeness (QED) is 0.636. The van der Waals surface area contributed by atoms with Gasteiger partial charge in [0.2, 0.25) is 11.8 Å². The lowest BCUT2D eigenvalue weighted by Gasteiger charge is -2.06. The van der Waals surface area contributed by atoms with E-state index in [0.717, 1.165) is 0 Å². The maximum Gasteiger partial charge on any atom is 0.248 e. The van der Waals surface area contributed by atoms with Crippen LogP contribution in [0.2, 0.25) is 0 Å². The number of aromatic nitrogens is 2. The Morgan fingerprint density at radius 1 is 1.59 bits per heavy atom. The molecule has 0 spiro atoms. The van der Waals surface area contributed by atoms with Crippen LogP contribution in [0.15, 0.2) is 17.2 Å². The van der Waals surface area contributed by atoms with Crippen molar-refractivity contribution in [3.05, 3.63) is 24.4 Å². The minimum atomic E-state index is -2.58. The summed E-state index contributed by atoms with van der Waals surface area (Å²) in [4.78, 5) is 4.12. The van der Waals surface area contributed by atoms with Gasteiger partial charge >= 0.3 is 0 Å². The van der Waals surface area contributed by atoms with Crippen LogP contribution in [0.4, 0.5) is 8.78 Å². The molecule has 1 atom stereocenters. The molecule has 1 N–H and O–H groups in total. The normalized spacial score (nSPS) is 22.8. The highest BCUT2D eigenvalue weighted by atomic mass is 19.3. The van der Waals surface area contributed by atoms with Crippen LogP contribution >= 0.6 is 0 Å². The Morgan fingerprint density at radius 2 is 2.41 bits per heavy atom. The van der Waals surface area contributed by atoms with Crippen LogP contribution in [-0.4, -0.2) is 22.6 Å². The predicted octanol–water partition coefficient (Wildman–Crippen LogP) is 2.25. The molecular formula is C11H15F2N3O. The maximum atomic E-state index is 13.0. The Hall–Kier alpha value is -1.30. The van der Waals surface area contributed by atoms with Crippen LogP contribution in [0, 0.1) is 0 Å². The van der Waals surface area contributed by atoms with E-state index in [2.05, 4.69) is 22.0 Å². The van der Waals surface area contributed by atoms with Crippen molar-refractivity contribution in [2.45, 2.75) is 37.6 Å². The fourth-order valence-electron chi connectivity index (χ4n) is 1.96. The summed E-state index contributed by atoms with van der Waals surface area (Å²) in [6.07, 6.45) is 1.88. The van der Waals surface area contributed by atoms with Crippen molar-refractivity contribution >= 4 is 0 Å². The third-order valence-corrected chi connectivity index (χ3v) is 2.82. The summed E-state index contributed by atoms with van der Waals surface area (Å²) in [7, 11) is 0. The number of halogens is 2. The number of nitrogens with one attached hydrogen (secondary N) is 1. The number of nitrogens with zero attached hydrogens (tertiary/aromatic N) is 2. The Labute approximate surface area is 98.1 Å². The standard InChI is InChI=1S/C11H15F2N3O/c1-2-5-14-7-9-15-10(16-17-9)8-3-4-11(12,13)6-8/h2,8,14H,1,3-7H2. The van der Waals surface area contributed by atoms with Gasteiger partial charge in [0.05, 0.1) is 6.54 Å². The van der Waals surface area contributed by atoms with Crippen molar-refractivity contribution in [1.82, 2.24) is 15.5 Å². The molecule has 0 bridgehead atoms. The van der Waals surface area contributed by atoms with E-state index >= 15 is 0 Å². The van der Waals surface area contributed by atoms with Gasteiger partial charge in [0.1, 0.15) is 0 Å². The van der Waals surface area contributed by atoms with Crippen LogP contribution < -0.4 is 5.32 Å². The van der Waals surface area contributed by atoms with Crippen molar-refractivity contribution < 1.29 is 13.3 Å². The van der Waals surface area contributed by atoms with E-state index in [9.17, 15) is 8.78 Å². The number of hydrogen-bond donors (Lipinski definition) is 1. The van der Waals surface area contributed by atoms with E-state index in [4.69, 9.17) is 4.52 Å². The smallest absolute Gasteiger partial charge is 0.248 e. The molecule has 4 nitrogen and oxygen atoms in total. The van der Waals surface area contributed by atoms with Gasteiger partial charge in [0.15, 0.2) is 5.82 Å². The van der Waals surface area contributed by atoms with Gasteiger partial charge in [-0.15, -0.1) is 6.58 Å². The average Bonchev–Trinajstić information content (AvgIpc) is 2.85. The molecule has 1 aliphatic rings. The zero-order chi connectivity index (χ0) is 12.3. The molecular weight excluding hydrogens is 228 g/mol. The molecule has 1 aliphatic carbocycles. The van der Waals surface area contributed by atoms with Gasteiger partial charge in [0.25, 0.3) is 0 Å². The molecule has 1 aromatic heterocycles. The first-order chi connectivity index (χ1) is 8.11. The lowest BCUT2D eigenvalue weighted by atomic mass is 10.1. The maximum absolute atomic E-state index is 13.0. The molecule has 0 aromatic carbocycles. The second-order valence-electron chi connectivity index (χ2n) is 4.26. The third-order valence-electron chi connectivity index (χ3n) is 2.82. The van der Waals surface area contributed by atoms with Crippen LogP contribution in [0.5, 0.6) is 0 Å². The second-order valence-corrected chi connectivity index (χ2v) is 4.26.